The van der Waals surface area contributed by atoms with E-state index in [0.717, 1.165) is 11.6 Å². The number of nitrogens with zero attached hydrogens (tertiary/aromatic N) is 2. The molecule has 0 spiro atoms. The molecule has 1 aromatic carbocycles. The summed E-state index contributed by atoms with van der Waals surface area (Å²) in [7, 11) is 0. The van der Waals surface area contributed by atoms with Crippen LogP contribution >= 0.6 is 22.6 Å². The van der Waals surface area contributed by atoms with Crippen LogP contribution in [0.4, 0.5) is 5.95 Å². The molecule has 20 heavy (non-hydrogen) atoms. The van der Waals surface area contributed by atoms with Crippen LogP contribution in [0.2, 0.25) is 0 Å². The molecule has 0 unspecified atom stereocenters. The summed E-state index contributed by atoms with van der Waals surface area (Å²) in [5.41, 5.74) is 2.23. The third kappa shape index (κ3) is 3.16. The fraction of sp³-hybridized carbons (Fsp3) is 0.438. The van der Waals surface area contributed by atoms with Crippen molar-refractivity contribution in [1.82, 2.24) is 9.55 Å². The van der Waals surface area contributed by atoms with Crippen LogP contribution in [0.1, 0.15) is 37.8 Å². The molecule has 3 rings (SSSR count). The number of benzene rings is 1. The van der Waals surface area contributed by atoms with E-state index in [1.807, 2.05) is 0 Å². The van der Waals surface area contributed by atoms with Crippen molar-refractivity contribution in [3.05, 3.63) is 39.7 Å². The second-order valence-electron chi connectivity index (χ2n) is 5.54. The van der Waals surface area contributed by atoms with Crippen molar-refractivity contribution in [3.63, 3.8) is 0 Å². The van der Waals surface area contributed by atoms with Crippen LogP contribution in [0.5, 0.6) is 0 Å². The molecule has 1 saturated carbocycles. The van der Waals surface area contributed by atoms with Crippen LogP contribution in [0.3, 0.4) is 0 Å². The number of aryl methyl sites for hydroxylation is 1. The van der Waals surface area contributed by atoms with Crippen molar-refractivity contribution in [2.45, 2.75) is 45.1 Å². The van der Waals surface area contributed by atoms with Crippen molar-refractivity contribution in [3.8, 4) is 5.69 Å². The molecule has 0 saturated heterocycles. The molecule has 0 amide bonds. The van der Waals surface area contributed by atoms with Crippen molar-refractivity contribution >= 4 is 28.5 Å². The molecule has 2 aromatic rings. The number of hydrogen-bond acceptors (Lipinski definition) is 2. The Bertz CT molecular complexity index is 585. The molecule has 0 atom stereocenters. The number of nitrogens with one attached hydrogen (secondary N) is 1. The molecular weight excluding hydrogens is 361 g/mol. The van der Waals surface area contributed by atoms with E-state index >= 15 is 0 Å². The maximum absolute atomic E-state index is 4.66. The average molecular weight is 381 g/mol. The first-order valence-corrected chi connectivity index (χ1v) is 8.39. The van der Waals surface area contributed by atoms with E-state index < -0.39 is 0 Å². The lowest BCUT2D eigenvalue weighted by molar-refractivity contribution is 0.460. The number of aromatic nitrogens is 2. The summed E-state index contributed by atoms with van der Waals surface area (Å²) in [4.78, 5) is 4.66. The number of halogens is 1. The first-order chi connectivity index (χ1) is 9.72. The second-order valence-corrected chi connectivity index (χ2v) is 6.78. The highest BCUT2D eigenvalue weighted by molar-refractivity contribution is 14.1. The largest absolute Gasteiger partial charge is 0.353 e. The van der Waals surface area contributed by atoms with E-state index in [4.69, 9.17) is 0 Å². The predicted molar refractivity (Wildman–Crippen MR) is 91.5 cm³/mol. The van der Waals surface area contributed by atoms with Crippen LogP contribution < -0.4 is 5.32 Å². The monoisotopic (exact) mass is 381 g/mol. The van der Waals surface area contributed by atoms with Crippen molar-refractivity contribution in [2.24, 2.45) is 0 Å². The highest BCUT2D eigenvalue weighted by Crippen LogP contribution is 2.24. The zero-order valence-electron chi connectivity index (χ0n) is 11.8. The first kappa shape index (κ1) is 13.9. The summed E-state index contributed by atoms with van der Waals surface area (Å²) in [5, 5.41) is 3.64. The van der Waals surface area contributed by atoms with Crippen LogP contribution in [0.25, 0.3) is 5.69 Å². The van der Waals surface area contributed by atoms with E-state index in [-0.39, 0.29) is 0 Å². The van der Waals surface area contributed by atoms with Gasteiger partial charge in [0, 0.05) is 21.5 Å². The van der Waals surface area contributed by atoms with Crippen LogP contribution in [0.15, 0.2) is 30.5 Å². The summed E-state index contributed by atoms with van der Waals surface area (Å²) in [6.45, 7) is 2.05. The molecule has 0 radical (unpaired) electrons. The van der Waals surface area contributed by atoms with Gasteiger partial charge in [0.1, 0.15) is 0 Å². The molecule has 106 valence electrons. The zero-order valence-corrected chi connectivity index (χ0v) is 13.9. The zero-order chi connectivity index (χ0) is 13.9. The van der Waals surface area contributed by atoms with Gasteiger partial charge in [-0.2, -0.15) is 0 Å². The first-order valence-electron chi connectivity index (χ1n) is 7.31. The normalized spacial score (nSPS) is 16.3. The summed E-state index contributed by atoms with van der Waals surface area (Å²) in [6, 6.07) is 9.11. The Balaban J connectivity index is 1.87. The molecule has 4 heteroatoms. The van der Waals surface area contributed by atoms with Crippen molar-refractivity contribution < 1.29 is 0 Å². The van der Waals surface area contributed by atoms with Gasteiger partial charge >= 0.3 is 0 Å². The average Bonchev–Trinajstić information content (AvgIpc) is 2.81. The number of hydrogen-bond donors (Lipinski definition) is 1. The molecule has 1 aliphatic rings. The molecule has 1 fully saturated rings. The predicted octanol–water partition coefficient (Wildman–Crippen LogP) is 4.53. The van der Waals surface area contributed by atoms with Gasteiger partial charge in [0.2, 0.25) is 5.95 Å². The van der Waals surface area contributed by atoms with Crippen molar-refractivity contribution in [2.75, 3.05) is 5.32 Å². The molecule has 1 N–H and O–H groups in total. The molecule has 1 heterocycles. The van der Waals surface area contributed by atoms with E-state index in [9.17, 15) is 0 Å². The quantitative estimate of drug-likeness (QED) is 0.792. The van der Waals surface area contributed by atoms with Crippen LogP contribution in [0, 0.1) is 10.5 Å². The van der Waals surface area contributed by atoms with E-state index in [2.05, 4.69) is 74.8 Å². The van der Waals surface area contributed by atoms with Gasteiger partial charge in [-0.3, -0.25) is 4.57 Å². The van der Waals surface area contributed by atoms with Gasteiger partial charge in [-0.15, -0.1) is 0 Å². The minimum atomic E-state index is 0.576. The van der Waals surface area contributed by atoms with E-state index in [1.54, 1.807) is 0 Å². The Morgan fingerprint density at radius 3 is 2.80 bits per heavy atom. The third-order valence-corrected chi connectivity index (χ3v) is 4.52. The minimum absolute atomic E-state index is 0.576. The van der Waals surface area contributed by atoms with Gasteiger partial charge in [-0.1, -0.05) is 25.3 Å². The fourth-order valence-electron chi connectivity index (χ4n) is 2.85. The van der Waals surface area contributed by atoms with Gasteiger partial charge in [-0.25, -0.2) is 4.98 Å². The molecule has 0 aliphatic heterocycles. The third-order valence-electron chi connectivity index (χ3n) is 3.85. The molecule has 1 aliphatic carbocycles. The Morgan fingerprint density at radius 2 is 2.05 bits per heavy atom. The fourth-order valence-corrected chi connectivity index (χ4v) is 3.38. The molecule has 0 bridgehead atoms. The lowest BCUT2D eigenvalue weighted by Crippen LogP contribution is -2.24. The highest BCUT2D eigenvalue weighted by atomic mass is 127. The topological polar surface area (TPSA) is 29.9 Å². The van der Waals surface area contributed by atoms with Crippen LogP contribution in [-0.2, 0) is 0 Å². The Morgan fingerprint density at radius 1 is 1.25 bits per heavy atom. The second kappa shape index (κ2) is 6.16. The maximum atomic E-state index is 4.66. The highest BCUT2D eigenvalue weighted by Gasteiger charge is 2.16. The van der Waals surface area contributed by atoms with Gasteiger partial charge < -0.3 is 5.32 Å². The number of imidazole rings is 1. The minimum Gasteiger partial charge on any atom is -0.353 e. The Hall–Kier alpha value is -1.04. The maximum Gasteiger partial charge on any atom is 0.207 e. The van der Waals surface area contributed by atoms with Gasteiger partial charge in [0.15, 0.2) is 0 Å². The summed E-state index contributed by atoms with van der Waals surface area (Å²) >= 11 is 2.35. The summed E-state index contributed by atoms with van der Waals surface area (Å²) in [5.74, 6) is 0.983. The Kier molecular flexibility index (Phi) is 4.29. The van der Waals surface area contributed by atoms with Crippen molar-refractivity contribution in [1.29, 1.82) is 0 Å². The Labute approximate surface area is 133 Å². The van der Waals surface area contributed by atoms with Crippen LogP contribution in [-0.4, -0.2) is 15.6 Å². The summed E-state index contributed by atoms with van der Waals surface area (Å²) in [6.07, 6.45) is 8.68. The standard InChI is InChI=1S/C16H20IN3/c1-12-11-20(15-9-5-6-13(17)10-15)16(18-12)19-14-7-3-2-4-8-14/h5-6,9-11,14H,2-4,7-8H2,1H3,(H,18,19). The number of anilines is 1. The molecule has 3 nitrogen and oxygen atoms in total. The lowest BCUT2D eigenvalue weighted by atomic mass is 9.96. The SMILES string of the molecule is Cc1cn(-c2cccc(I)c2)c(NC2CCCCC2)n1. The molecular formula is C16H20IN3. The molecule has 1 aromatic heterocycles. The smallest absolute Gasteiger partial charge is 0.207 e. The van der Waals surface area contributed by atoms with Gasteiger partial charge in [-0.05, 0) is 60.6 Å². The van der Waals surface area contributed by atoms with Gasteiger partial charge in [0.05, 0.1) is 5.69 Å². The number of rotatable bonds is 3. The van der Waals surface area contributed by atoms with Gasteiger partial charge in [0.25, 0.3) is 0 Å². The lowest BCUT2D eigenvalue weighted by Gasteiger charge is -2.23. The van der Waals surface area contributed by atoms with E-state index in [0.29, 0.717) is 6.04 Å². The summed E-state index contributed by atoms with van der Waals surface area (Å²) < 4.78 is 3.42. The van der Waals surface area contributed by atoms with E-state index in [1.165, 1.54) is 41.4 Å².